The second-order valence-electron chi connectivity index (χ2n) is 5.46. The first-order valence-corrected chi connectivity index (χ1v) is 6.73. The van der Waals surface area contributed by atoms with Gasteiger partial charge in [0.25, 0.3) is 0 Å². The van der Waals surface area contributed by atoms with Crippen molar-refractivity contribution in [1.29, 1.82) is 0 Å². The molecule has 0 spiro atoms. The molecule has 2 amide bonds. The third kappa shape index (κ3) is 3.67. The second kappa shape index (κ2) is 6.02. The minimum absolute atomic E-state index is 0.218. The van der Waals surface area contributed by atoms with Gasteiger partial charge in [-0.25, -0.2) is 4.79 Å². The van der Waals surface area contributed by atoms with Crippen LogP contribution in [-0.4, -0.2) is 28.8 Å². The summed E-state index contributed by atoms with van der Waals surface area (Å²) in [4.78, 5) is 15.7. The topological polar surface area (TPSA) is 74.2 Å². The number of aromatic nitrogens is 1. The molecule has 104 valence electrons. The molecule has 2 rings (SSSR count). The summed E-state index contributed by atoms with van der Waals surface area (Å²) in [6.45, 7) is 2.52. The molecule has 19 heavy (non-hydrogen) atoms. The number of rotatable bonds is 3. The SMILES string of the molecule is C[C@]1(CNC(=O)Nc2cccnc2)CCCC[C@@H]1O. The van der Waals surface area contributed by atoms with Crippen molar-refractivity contribution >= 4 is 11.7 Å². The number of anilines is 1. The summed E-state index contributed by atoms with van der Waals surface area (Å²) >= 11 is 0. The van der Waals surface area contributed by atoms with Crippen molar-refractivity contribution in [3.63, 3.8) is 0 Å². The number of hydrogen-bond acceptors (Lipinski definition) is 3. The van der Waals surface area contributed by atoms with Crippen LogP contribution in [0.15, 0.2) is 24.5 Å². The van der Waals surface area contributed by atoms with E-state index in [9.17, 15) is 9.90 Å². The van der Waals surface area contributed by atoms with Crippen LogP contribution in [-0.2, 0) is 0 Å². The van der Waals surface area contributed by atoms with Crippen LogP contribution in [0.25, 0.3) is 0 Å². The van der Waals surface area contributed by atoms with Crippen LogP contribution in [0, 0.1) is 5.41 Å². The normalized spacial score (nSPS) is 26.7. The summed E-state index contributed by atoms with van der Waals surface area (Å²) in [5.74, 6) is 0. The summed E-state index contributed by atoms with van der Waals surface area (Å²) in [5, 5.41) is 15.6. The Kier molecular flexibility index (Phi) is 4.37. The third-order valence-electron chi connectivity index (χ3n) is 3.85. The molecule has 1 aromatic rings. The number of hydrogen-bond donors (Lipinski definition) is 3. The smallest absolute Gasteiger partial charge is 0.319 e. The number of carbonyl (C=O) groups excluding carboxylic acids is 1. The first-order chi connectivity index (χ1) is 9.10. The molecule has 0 bridgehead atoms. The maximum absolute atomic E-state index is 11.8. The molecule has 0 unspecified atom stereocenters. The average Bonchev–Trinajstić information content (AvgIpc) is 2.41. The fourth-order valence-corrected chi connectivity index (χ4v) is 2.48. The van der Waals surface area contributed by atoms with Gasteiger partial charge in [-0.2, -0.15) is 0 Å². The molecule has 1 aliphatic rings. The van der Waals surface area contributed by atoms with E-state index in [-0.39, 0.29) is 17.6 Å². The van der Waals surface area contributed by atoms with Gasteiger partial charge in [-0.15, -0.1) is 0 Å². The van der Waals surface area contributed by atoms with E-state index in [0.717, 1.165) is 25.7 Å². The Labute approximate surface area is 113 Å². The first-order valence-electron chi connectivity index (χ1n) is 6.73. The predicted octanol–water partition coefficient (Wildman–Crippen LogP) is 2.14. The van der Waals surface area contributed by atoms with Crippen molar-refractivity contribution in [2.45, 2.75) is 38.7 Å². The second-order valence-corrected chi connectivity index (χ2v) is 5.46. The van der Waals surface area contributed by atoms with Gasteiger partial charge < -0.3 is 15.7 Å². The highest BCUT2D eigenvalue weighted by molar-refractivity contribution is 5.88. The fraction of sp³-hybridized carbons (Fsp3) is 0.571. The van der Waals surface area contributed by atoms with Crippen LogP contribution < -0.4 is 10.6 Å². The molecule has 1 aromatic heterocycles. The van der Waals surface area contributed by atoms with Crippen molar-refractivity contribution < 1.29 is 9.90 Å². The molecule has 0 saturated heterocycles. The average molecular weight is 263 g/mol. The fourth-order valence-electron chi connectivity index (χ4n) is 2.48. The molecular formula is C14H21N3O2. The summed E-state index contributed by atoms with van der Waals surface area (Å²) in [6, 6.07) is 3.29. The van der Waals surface area contributed by atoms with E-state index in [4.69, 9.17) is 0 Å². The Hall–Kier alpha value is -1.62. The van der Waals surface area contributed by atoms with E-state index in [1.54, 1.807) is 24.5 Å². The number of urea groups is 1. The van der Waals surface area contributed by atoms with E-state index < -0.39 is 0 Å². The summed E-state index contributed by atoms with van der Waals surface area (Å²) in [6.07, 6.45) is 6.86. The molecule has 0 aromatic carbocycles. The molecular weight excluding hydrogens is 242 g/mol. The summed E-state index contributed by atoms with van der Waals surface area (Å²) in [7, 11) is 0. The van der Waals surface area contributed by atoms with Crippen LogP contribution in [0.1, 0.15) is 32.6 Å². The van der Waals surface area contributed by atoms with E-state index in [2.05, 4.69) is 15.6 Å². The molecule has 1 saturated carbocycles. The maximum Gasteiger partial charge on any atom is 0.319 e. The van der Waals surface area contributed by atoms with Crippen LogP contribution in [0.4, 0.5) is 10.5 Å². The number of pyridine rings is 1. The third-order valence-corrected chi connectivity index (χ3v) is 3.85. The van der Waals surface area contributed by atoms with Gasteiger partial charge in [0.15, 0.2) is 0 Å². The molecule has 0 radical (unpaired) electrons. The molecule has 0 aliphatic heterocycles. The predicted molar refractivity (Wildman–Crippen MR) is 73.8 cm³/mol. The van der Waals surface area contributed by atoms with Crippen LogP contribution in [0.3, 0.4) is 0 Å². The molecule has 3 N–H and O–H groups in total. The lowest BCUT2D eigenvalue weighted by atomic mass is 9.73. The summed E-state index contributed by atoms with van der Waals surface area (Å²) in [5.41, 5.74) is 0.444. The number of aliphatic hydroxyl groups excluding tert-OH is 1. The molecule has 5 nitrogen and oxygen atoms in total. The number of carbonyl (C=O) groups is 1. The first kappa shape index (κ1) is 13.8. The highest BCUT2D eigenvalue weighted by atomic mass is 16.3. The van der Waals surface area contributed by atoms with Crippen LogP contribution in [0.2, 0.25) is 0 Å². The number of amides is 2. The molecule has 1 heterocycles. The quantitative estimate of drug-likeness (QED) is 0.782. The number of nitrogens with one attached hydrogen (secondary N) is 2. The van der Waals surface area contributed by atoms with Crippen molar-refractivity contribution in [3.8, 4) is 0 Å². The maximum atomic E-state index is 11.8. The Morgan fingerprint density at radius 2 is 2.42 bits per heavy atom. The van der Waals surface area contributed by atoms with Gasteiger partial charge >= 0.3 is 6.03 Å². The van der Waals surface area contributed by atoms with Gasteiger partial charge in [0, 0.05) is 18.2 Å². The zero-order chi connectivity index (χ0) is 13.7. The van der Waals surface area contributed by atoms with Gasteiger partial charge in [0.1, 0.15) is 0 Å². The van der Waals surface area contributed by atoms with E-state index >= 15 is 0 Å². The minimum atomic E-state index is -0.333. The minimum Gasteiger partial charge on any atom is -0.392 e. The highest BCUT2D eigenvalue weighted by Gasteiger charge is 2.35. The van der Waals surface area contributed by atoms with Crippen LogP contribution in [0.5, 0.6) is 0 Å². The highest BCUT2D eigenvalue weighted by Crippen LogP contribution is 2.35. The van der Waals surface area contributed by atoms with Gasteiger partial charge in [-0.3, -0.25) is 4.98 Å². The van der Waals surface area contributed by atoms with Gasteiger partial charge in [0.05, 0.1) is 18.0 Å². The molecule has 2 atom stereocenters. The zero-order valence-corrected chi connectivity index (χ0v) is 11.2. The molecule has 5 heteroatoms. The lowest BCUT2D eigenvalue weighted by Gasteiger charge is -2.38. The Morgan fingerprint density at radius 1 is 1.58 bits per heavy atom. The number of nitrogens with zero attached hydrogens (tertiary/aromatic N) is 1. The van der Waals surface area contributed by atoms with Gasteiger partial charge in [0.2, 0.25) is 0 Å². The summed E-state index contributed by atoms with van der Waals surface area (Å²) < 4.78 is 0. The Balaban J connectivity index is 1.83. The lowest BCUT2D eigenvalue weighted by molar-refractivity contribution is 0.00333. The standard InChI is InChI=1S/C14H21N3O2/c1-14(7-3-2-6-12(14)18)10-16-13(19)17-11-5-4-8-15-9-11/h4-5,8-9,12,18H,2-3,6-7,10H2,1H3,(H2,16,17,19)/t12-,14+/m0/s1. The molecule has 1 fully saturated rings. The van der Waals surface area contributed by atoms with E-state index in [1.807, 2.05) is 6.92 Å². The molecule has 1 aliphatic carbocycles. The largest absolute Gasteiger partial charge is 0.392 e. The van der Waals surface area contributed by atoms with Crippen molar-refractivity contribution in [3.05, 3.63) is 24.5 Å². The van der Waals surface area contributed by atoms with Crippen molar-refractivity contribution in [2.24, 2.45) is 5.41 Å². The Morgan fingerprint density at radius 3 is 3.11 bits per heavy atom. The van der Waals surface area contributed by atoms with E-state index in [0.29, 0.717) is 12.2 Å². The zero-order valence-electron chi connectivity index (χ0n) is 11.2. The Bertz CT molecular complexity index is 424. The van der Waals surface area contributed by atoms with Crippen LogP contribution >= 0.6 is 0 Å². The number of aliphatic hydroxyl groups is 1. The van der Waals surface area contributed by atoms with Gasteiger partial charge in [-0.1, -0.05) is 19.8 Å². The van der Waals surface area contributed by atoms with Gasteiger partial charge in [-0.05, 0) is 25.0 Å². The van der Waals surface area contributed by atoms with E-state index in [1.165, 1.54) is 0 Å². The monoisotopic (exact) mass is 263 g/mol. The van der Waals surface area contributed by atoms with Crippen molar-refractivity contribution in [1.82, 2.24) is 10.3 Å². The lowest BCUT2D eigenvalue weighted by Crippen LogP contribution is -2.46. The van der Waals surface area contributed by atoms with Crippen molar-refractivity contribution in [2.75, 3.05) is 11.9 Å².